The lowest BCUT2D eigenvalue weighted by Gasteiger charge is -1.95. The van der Waals surface area contributed by atoms with Crippen LogP contribution in [0.15, 0.2) is 24.3 Å². The topological polar surface area (TPSA) is 43.8 Å². The first-order valence-electron chi connectivity index (χ1n) is 4.04. The minimum atomic E-state index is 0.618. The monoisotopic (exact) mass is 161 g/mol. The number of nitrogens with two attached hydrogens (primary N) is 1. The van der Waals surface area contributed by atoms with Gasteiger partial charge in [-0.25, -0.2) is 0 Å². The minimum absolute atomic E-state index is 0.618. The van der Waals surface area contributed by atoms with Crippen molar-refractivity contribution < 1.29 is 0 Å². The molecule has 0 aliphatic carbocycles. The Kier molecular flexibility index (Phi) is 1.50. The van der Waals surface area contributed by atoms with Gasteiger partial charge in [-0.3, -0.25) is 4.68 Å². The van der Waals surface area contributed by atoms with Gasteiger partial charge in [0.1, 0.15) is 0 Å². The summed E-state index contributed by atoms with van der Waals surface area (Å²) in [6.45, 7) is 2.91. The Morgan fingerprint density at radius 3 is 2.92 bits per heavy atom. The van der Waals surface area contributed by atoms with Gasteiger partial charge >= 0.3 is 0 Å². The molecule has 1 aromatic heterocycles. The zero-order valence-corrected chi connectivity index (χ0v) is 6.99. The zero-order valence-electron chi connectivity index (χ0n) is 6.99. The van der Waals surface area contributed by atoms with E-state index in [4.69, 9.17) is 5.73 Å². The Bertz CT molecular complexity index is 403. The van der Waals surface area contributed by atoms with E-state index in [0.717, 1.165) is 17.4 Å². The number of para-hydroxylation sites is 1. The van der Waals surface area contributed by atoms with Gasteiger partial charge in [0.25, 0.3) is 0 Å². The highest BCUT2D eigenvalue weighted by atomic mass is 15.3. The number of nitrogen functional groups attached to an aromatic ring is 1. The van der Waals surface area contributed by atoms with Gasteiger partial charge in [-0.1, -0.05) is 12.1 Å². The summed E-state index contributed by atoms with van der Waals surface area (Å²) < 4.78 is 1.91. The molecular formula is C9H11N3. The van der Waals surface area contributed by atoms with E-state index in [9.17, 15) is 0 Å². The molecule has 2 N–H and O–H groups in total. The van der Waals surface area contributed by atoms with Gasteiger partial charge in [0, 0.05) is 11.9 Å². The highest BCUT2D eigenvalue weighted by Crippen LogP contribution is 2.19. The lowest BCUT2D eigenvalue weighted by Crippen LogP contribution is -1.96. The number of aromatic nitrogens is 2. The summed E-state index contributed by atoms with van der Waals surface area (Å²) in [4.78, 5) is 0. The molecule has 0 bridgehead atoms. The Hall–Kier alpha value is -1.51. The first kappa shape index (κ1) is 7.16. The lowest BCUT2D eigenvalue weighted by molar-refractivity contribution is 0.687. The third kappa shape index (κ3) is 0.863. The fourth-order valence-corrected chi connectivity index (χ4v) is 1.39. The number of anilines is 1. The van der Waals surface area contributed by atoms with Crippen LogP contribution in [0.25, 0.3) is 10.9 Å². The number of nitrogens with zero attached hydrogens (tertiary/aromatic N) is 2. The van der Waals surface area contributed by atoms with E-state index in [1.165, 1.54) is 0 Å². The van der Waals surface area contributed by atoms with Gasteiger partial charge < -0.3 is 5.73 Å². The van der Waals surface area contributed by atoms with E-state index >= 15 is 0 Å². The third-order valence-electron chi connectivity index (χ3n) is 1.99. The van der Waals surface area contributed by atoms with Gasteiger partial charge in [0.2, 0.25) is 0 Å². The van der Waals surface area contributed by atoms with Crippen LogP contribution in [0.4, 0.5) is 5.82 Å². The first-order chi connectivity index (χ1) is 5.83. The number of benzene rings is 1. The maximum atomic E-state index is 5.72. The third-order valence-corrected chi connectivity index (χ3v) is 1.99. The molecule has 0 spiro atoms. The molecule has 2 aromatic rings. The van der Waals surface area contributed by atoms with Crippen molar-refractivity contribution in [3.05, 3.63) is 24.3 Å². The smallest absolute Gasteiger partial charge is 0.153 e. The van der Waals surface area contributed by atoms with Crippen molar-refractivity contribution in [3.8, 4) is 0 Å². The second kappa shape index (κ2) is 2.52. The average molecular weight is 161 g/mol. The number of hydrogen-bond donors (Lipinski definition) is 1. The molecule has 0 atom stereocenters. The van der Waals surface area contributed by atoms with E-state index < -0.39 is 0 Å². The number of hydrogen-bond acceptors (Lipinski definition) is 2. The highest BCUT2D eigenvalue weighted by molar-refractivity contribution is 5.88. The standard InChI is InChI=1S/C9H11N3/c1-2-12-8-6-4-3-5-7(8)9(10)11-12/h3-6H,2H2,1H3,(H2,10,11). The number of aryl methyl sites for hydroxylation is 1. The van der Waals surface area contributed by atoms with Crippen molar-refractivity contribution in [1.29, 1.82) is 0 Å². The second-order valence-corrected chi connectivity index (χ2v) is 2.72. The number of fused-ring (bicyclic) bond motifs is 1. The van der Waals surface area contributed by atoms with Gasteiger partial charge in [-0.05, 0) is 19.1 Å². The maximum Gasteiger partial charge on any atom is 0.153 e. The molecule has 2 rings (SSSR count). The minimum Gasteiger partial charge on any atom is -0.382 e. The predicted molar refractivity (Wildman–Crippen MR) is 49.8 cm³/mol. The molecular weight excluding hydrogens is 150 g/mol. The largest absolute Gasteiger partial charge is 0.382 e. The maximum absolute atomic E-state index is 5.72. The van der Waals surface area contributed by atoms with Crippen molar-refractivity contribution in [2.75, 3.05) is 5.73 Å². The predicted octanol–water partition coefficient (Wildman–Crippen LogP) is 1.64. The van der Waals surface area contributed by atoms with Crippen LogP contribution in [-0.4, -0.2) is 9.78 Å². The highest BCUT2D eigenvalue weighted by Gasteiger charge is 2.03. The summed E-state index contributed by atoms with van der Waals surface area (Å²) in [7, 11) is 0. The van der Waals surface area contributed by atoms with Crippen LogP contribution >= 0.6 is 0 Å². The molecule has 0 amide bonds. The molecule has 0 saturated heterocycles. The Morgan fingerprint density at radius 2 is 2.17 bits per heavy atom. The van der Waals surface area contributed by atoms with Crippen molar-refractivity contribution in [2.24, 2.45) is 0 Å². The summed E-state index contributed by atoms with van der Waals surface area (Å²) in [5, 5.41) is 5.24. The molecule has 3 nitrogen and oxygen atoms in total. The molecule has 1 aromatic carbocycles. The zero-order chi connectivity index (χ0) is 8.55. The Labute approximate surface area is 70.8 Å². The summed E-state index contributed by atoms with van der Waals surface area (Å²) in [5.41, 5.74) is 6.83. The van der Waals surface area contributed by atoms with Crippen molar-refractivity contribution in [2.45, 2.75) is 13.5 Å². The summed E-state index contributed by atoms with van der Waals surface area (Å²) in [6.07, 6.45) is 0. The molecule has 0 aliphatic heterocycles. The van der Waals surface area contributed by atoms with E-state index in [1.807, 2.05) is 28.9 Å². The SMILES string of the molecule is CCn1nc(N)c2ccccc21. The summed E-state index contributed by atoms with van der Waals surface area (Å²) >= 11 is 0. The molecule has 0 saturated carbocycles. The average Bonchev–Trinajstić information content (AvgIpc) is 2.44. The van der Waals surface area contributed by atoms with Crippen LogP contribution in [0.3, 0.4) is 0 Å². The van der Waals surface area contributed by atoms with Crippen LogP contribution in [0.2, 0.25) is 0 Å². The molecule has 1 heterocycles. The van der Waals surface area contributed by atoms with Crippen LogP contribution in [0.5, 0.6) is 0 Å². The lowest BCUT2D eigenvalue weighted by atomic mass is 10.2. The van der Waals surface area contributed by atoms with Crippen LogP contribution in [0.1, 0.15) is 6.92 Å². The molecule has 0 unspecified atom stereocenters. The van der Waals surface area contributed by atoms with E-state index in [-0.39, 0.29) is 0 Å². The quantitative estimate of drug-likeness (QED) is 0.691. The summed E-state index contributed by atoms with van der Waals surface area (Å²) in [5.74, 6) is 0.618. The molecule has 0 radical (unpaired) electrons. The molecule has 62 valence electrons. The van der Waals surface area contributed by atoms with Crippen LogP contribution in [-0.2, 0) is 6.54 Å². The van der Waals surface area contributed by atoms with E-state index in [2.05, 4.69) is 12.0 Å². The molecule has 3 heteroatoms. The molecule has 0 aliphatic rings. The van der Waals surface area contributed by atoms with Crippen LogP contribution < -0.4 is 5.73 Å². The van der Waals surface area contributed by atoms with E-state index in [1.54, 1.807) is 0 Å². The Morgan fingerprint density at radius 1 is 1.42 bits per heavy atom. The molecule has 0 fully saturated rings. The van der Waals surface area contributed by atoms with Crippen LogP contribution in [0, 0.1) is 0 Å². The second-order valence-electron chi connectivity index (χ2n) is 2.72. The van der Waals surface area contributed by atoms with Gasteiger partial charge in [0.15, 0.2) is 5.82 Å². The Balaban J connectivity index is 2.82. The van der Waals surface area contributed by atoms with Crippen molar-refractivity contribution >= 4 is 16.7 Å². The molecule has 12 heavy (non-hydrogen) atoms. The van der Waals surface area contributed by atoms with Gasteiger partial charge in [-0.15, -0.1) is 0 Å². The van der Waals surface area contributed by atoms with E-state index in [0.29, 0.717) is 5.82 Å². The fraction of sp³-hybridized carbons (Fsp3) is 0.222. The van der Waals surface area contributed by atoms with Gasteiger partial charge in [0.05, 0.1) is 5.52 Å². The first-order valence-corrected chi connectivity index (χ1v) is 4.04. The number of rotatable bonds is 1. The van der Waals surface area contributed by atoms with Crippen molar-refractivity contribution in [3.63, 3.8) is 0 Å². The normalized spacial score (nSPS) is 10.8. The summed E-state index contributed by atoms with van der Waals surface area (Å²) in [6, 6.07) is 7.99. The fourth-order valence-electron chi connectivity index (χ4n) is 1.39. The van der Waals surface area contributed by atoms with Crippen molar-refractivity contribution in [1.82, 2.24) is 9.78 Å². The van der Waals surface area contributed by atoms with Gasteiger partial charge in [-0.2, -0.15) is 5.10 Å².